The van der Waals surface area contributed by atoms with Crippen LogP contribution >= 0.6 is 0 Å². The minimum Gasteiger partial charge on any atom is -0.459 e. The van der Waals surface area contributed by atoms with Gasteiger partial charge in [-0.1, -0.05) is 117 Å². The summed E-state index contributed by atoms with van der Waals surface area (Å²) < 4.78 is 10.9. The second kappa shape index (κ2) is 22.1. The molecule has 0 aromatic rings. The Bertz CT molecular complexity index is 511. The molecule has 0 amide bonds. The molecule has 0 aliphatic carbocycles. The van der Waals surface area contributed by atoms with Crippen molar-refractivity contribution in [3.63, 3.8) is 0 Å². The smallest absolute Gasteiger partial charge is 0.339 e. The predicted molar refractivity (Wildman–Crippen MR) is 145 cm³/mol. The quantitative estimate of drug-likeness (QED) is 0.113. The number of unbranched alkanes of at least 4 members (excludes halogenated alkanes) is 16. The lowest BCUT2D eigenvalue weighted by Gasteiger charge is -2.26. The van der Waals surface area contributed by atoms with E-state index < -0.39 is 23.8 Å². The number of ether oxygens (including phenoxy) is 2. The van der Waals surface area contributed by atoms with E-state index in [4.69, 9.17) is 9.47 Å². The molecule has 0 saturated heterocycles. The monoisotopic (exact) mass is 498 g/mol. The van der Waals surface area contributed by atoms with Crippen LogP contribution < -0.4 is 0 Å². The summed E-state index contributed by atoms with van der Waals surface area (Å²) in [6.45, 7) is 9.76. The maximum absolute atomic E-state index is 12.4. The van der Waals surface area contributed by atoms with Crippen LogP contribution in [0.25, 0.3) is 0 Å². The number of hydrogen-bond acceptors (Lipinski definition) is 5. The van der Waals surface area contributed by atoms with Crippen molar-refractivity contribution in [2.45, 2.75) is 181 Å². The van der Waals surface area contributed by atoms with Gasteiger partial charge >= 0.3 is 11.9 Å². The first-order valence-corrected chi connectivity index (χ1v) is 14.8. The summed E-state index contributed by atoms with van der Waals surface area (Å²) >= 11 is 0. The van der Waals surface area contributed by atoms with Crippen LogP contribution in [-0.4, -0.2) is 34.9 Å². The number of aliphatic hydroxyl groups is 1. The molecule has 35 heavy (non-hydrogen) atoms. The summed E-state index contributed by atoms with van der Waals surface area (Å²) in [5.41, 5.74) is -0.694. The van der Waals surface area contributed by atoms with Gasteiger partial charge in [0.1, 0.15) is 11.7 Å². The fourth-order valence-electron chi connectivity index (χ4n) is 4.26. The summed E-state index contributed by atoms with van der Waals surface area (Å²) in [6, 6.07) is 0. The van der Waals surface area contributed by atoms with Gasteiger partial charge in [-0.2, -0.15) is 0 Å². The van der Waals surface area contributed by atoms with Gasteiger partial charge in [-0.15, -0.1) is 0 Å². The zero-order valence-electron chi connectivity index (χ0n) is 23.9. The molecule has 0 heterocycles. The number of hydrogen-bond donors (Lipinski definition) is 1. The zero-order valence-corrected chi connectivity index (χ0v) is 23.9. The molecule has 0 unspecified atom stereocenters. The minimum atomic E-state index is -1.43. The van der Waals surface area contributed by atoms with E-state index >= 15 is 0 Å². The van der Waals surface area contributed by atoms with Crippen LogP contribution in [0, 0.1) is 0 Å². The summed E-state index contributed by atoms with van der Waals surface area (Å²) in [7, 11) is 0. The molecule has 0 fully saturated rings. The number of aliphatic hydroxyl groups excluding tert-OH is 1. The molecule has 1 N–H and O–H groups in total. The Morgan fingerprint density at radius 3 is 1.49 bits per heavy atom. The fraction of sp³-hybridized carbons (Fsp3) is 0.933. The van der Waals surface area contributed by atoms with Crippen molar-refractivity contribution in [3.05, 3.63) is 0 Å². The molecule has 0 bridgehead atoms. The lowest BCUT2D eigenvalue weighted by molar-refractivity contribution is -0.177. The van der Waals surface area contributed by atoms with Crippen molar-refractivity contribution in [3.8, 4) is 0 Å². The Morgan fingerprint density at radius 1 is 0.657 bits per heavy atom. The van der Waals surface area contributed by atoms with E-state index in [1.54, 1.807) is 20.8 Å². The van der Waals surface area contributed by atoms with Gasteiger partial charge in [0.15, 0.2) is 6.10 Å². The topological polar surface area (TPSA) is 72.8 Å². The van der Waals surface area contributed by atoms with E-state index in [1.165, 1.54) is 77.0 Å². The molecule has 0 aromatic carbocycles. The number of esters is 2. The lowest BCUT2D eigenvalue weighted by Crippen LogP contribution is -2.41. The van der Waals surface area contributed by atoms with Crippen LogP contribution in [0.15, 0.2) is 0 Å². The first-order chi connectivity index (χ1) is 16.7. The molecular formula is C30H58O5. The maximum Gasteiger partial charge on any atom is 0.339 e. The molecule has 5 nitrogen and oxygen atoms in total. The molecule has 0 saturated carbocycles. The second-order valence-electron chi connectivity index (χ2n) is 11.2. The fourth-order valence-corrected chi connectivity index (χ4v) is 4.26. The third-order valence-electron chi connectivity index (χ3n) is 6.36. The molecule has 0 aliphatic heterocycles. The first-order valence-electron chi connectivity index (χ1n) is 14.8. The highest BCUT2D eigenvalue weighted by Gasteiger charge is 2.32. The van der Waals surface area contributed by atoms with Crippen molar-refractivity contribution in [1.29, 1.82) is 0 Å². The predicted octanol–water partition coefficient (Wildman–Crippen LogP) is 8.44. The molecule has 0 spiro atoms. The van der Waals surface area contributed by atoms with Crippen LogP contribution in [0.2, 0.25) is 0 Å². The summed E-state index contributed by atoms with van der Waals surface area (Å²) in [4.78, 5) is 24.9. The van der Waals surface area contributed by atoms with Crippen molar-refractivity contribution in [1.82, 2.24) is 0 Å². The summed E-state index contributed by atoms with van der Waals surface area (Å²) in [6.07, 6.45) is 19.8. The number of carbonyl (C=O) groups is 2. The Kier molecular flexibility index (Phi) is 21.4. The minimum absolute atomic E-state index is 0.323. The van der Waals surface area contributed by atoms with Gasteiger partial charge in [-0.25, -0.2) is 4.79 Å². The van der Waals surface area contributed by atoms with Crippen molar-refractivity contribution >= 4 is 11.9 Å². The van der Waals surface area contributed by atoms with E-state index in [2.05, 4.69) is 13.8 Å². The van der Waals surface area contributed by atoms with Gasteiger partial charge < -0.3 is 14.6 Å². The van der Waals surface area contributed by atoms with Crippen molar-refractivity contribution in [2.75, 3.05) is 0 Å². The molecule has 208 valence electrons. The molecule has 0 radical (unpaired) electrons. The van der Waals surface area contributed by atoms with Gasteiger partial charge in [0.25, 0.3) is 0 Å². The molecule has 0 aliphatic rings. The van der Waals surface area contributed by atoms with Gasteiger partial charge in [-0.3, -0.25) is 4.79 Å². The highest BCUT2D eigenvalue weighted by atomic mass is 16.6. The van der Waals surface area contributed by atoms with Crippen LogP contribution in [0.1, 0.15) is 163 Å². The van der Waals surface area contributed by atoms with E-state index in [1.807, 2.05) is 0 Å². The van der Waals surface area contributed by atoms with Crippen LogP contribution in [0.5, 0.6) is 0 Å². The normalized spacial score (nSPS) is 13.4. The molecule has 0 rings (SSSR count). The Balaban J connectivity index is 4.37. The Hall–Kier alpha value is -1.10. The van der Waals surface area contributed by atoms with Crippen molar-refractivity contribution in [2.24, 2.45) is 0 Å². The molecule has 2 atom stereocenters. The third kappa shape index (κ3) is 21.9. The lowest BCUT2D eigenvalue weighted by atomic mass is 10.0. The number of carbonyl (C=O) groups excluding carboxylic acids is 2. The van der Waals surface area contributed by atoms with Gasteiger partial charge in [0.2, 0.25) is 0 Å². The van der Waals surface area contributed by atoms with Crippen molar-refractivity contribution < 1.29 is 24.2 Å². The van der Waals surface area contributed by atoms with E-state index in [-0.39, 0.29) is 5.97 Å². The van der Waals surface area contributed by atoms with E-state index in [0.29, 0.717) is 12.8 Å². The van der Waals surface area contributed by atoms with Crippen LogP contribution in [0.4, 0.5) is 0 Å². The molecule has 5 heteroatoms. The van der Waals surface area contributed by atoms with Crippen LogP contribution in [-0.2, 0) is 19.1 Å². The molecule has 0 aromatic heterocycles. The summed E-state index contributed by atoms with van der Waals surface area (Å²) in [5.74, 6) is -1.04. The Labute approximate surface area is 217 Å². The first kappa shape index (κ1) is 33.9. The maximum atomic E-state index is 12.4. The van der Waals surface area contributed by atoms with Gasteiger partial charge in [-0.05, 0) is 40.0 Å². The number of rotatable bonds is 23. The standard InChI is InChI=1S/C30H58O5/c1-6-8-10-12-14-16-18-20-22-24-26(28(32)29(33)35-30(3,4)5)34-27(31)25-23-21-19-17-15-13-11-9-7-2/h26,28,32H,6-25H2,1-5H3/t26-,28+/m0/s1. The molecular weight excluding hydrogens is 440 g/mol. The van der Waals surface area contributed by atoms with Gasteiger partial charge in [0.05, 0.1) is 0 Å². The zero-order chi connectivity index (χ0) is 26.4. The second-order valence-corrected chi connectivity index (χ2v) is 11.2. The average molecular weight is 499 g/mol. The van der Waals surface area contributed by atoms with E-state index in [0.717, 1.165) is 38.5 Å². The van der Waals surface area contributed by atoms with Crippen LogP contribution in [0.3, 0.4) is 0 Å². The highest BCUT2D eigenvalue weighted by molar-refractivity contribution is 5.76. The third-order valence-corrected chi connectivity index (χ3v) is 6.36. The van der Waals surface area contributed by atoms with E-state index in [9.17, 15) is 14.7 Å². The average Bonchev–Trinajstić information content (AvgIpc) is 2.79. The van der Waals surface area contributed by atoms with Gasteiger partial charge in [0, 0.05) is 6.42 Å². The summed E-state index contributed by atoms with van der Waals surface area (Å²) in [5, 5.41) is 10.6. The highest BCUT2D eigenvalue weighted by Crippen LogP contribution is 2.18. The Morgan fingerprint density at radius 2 is 1.06 bits per heavy atom. The SMILES string of the molecule is CCCCCCCCCCCC(=O)O[C@@H](CCCCCCCCCCC)[C@@H](O)C(=O)OC(C)(C)C. The largest absolute Gasteiger partial charge is 0.459 e.